The van der Waals surface area contributed by atoms with Crippen molar-refractivity contribution in [2.45, 2.75) is 58.1 Å². The number of methoxy groups -OCH3 is 2. The van der Waals surface area contributed by atoms with Crippen molar-refractivity contribution in [3.63, 3.8) is 0 Å². The lowest BCUT2D eigenvalue weighted by atomic mass is 9.64. The number of aromatic nitrogens is 2. The summed E-state index contributed by atoms with van der Waals surface area (Å²) in [6.45, 7) is 7.17. The average Bonchev–Trinajstić information content (AvgIpc) is 3.02. The largest absolute Gasteiger partial charge is 0.497 e. The van der Waals surface area contributed by atoms with Gasteiger partial charge >= 0.3 is 0 Å². The fraction of sp³-hybridized carbons (Fsp3) is 0.361. The summed E-state index contributed by atoms with van der Waals surface area (Å²) in [5.74, 6) is 3.57. The number of carbonyl (C=O) groups excluding carboxylic acids is 1. The maximum atomic E-state index is 13.3. The second-order valence-electron chi connectivity index (χ2n) is 12.6. The number of ether oxygens (including phenoxy) is 3. The molecule has 5 aromatic rings. The number of hydrogen-bond acceptors (Lipinski definition) is 6. The van der Waals surface area contributed by atoms with E-state index in [0.29, 0.717) is 46.9 Å². The Labute approximate surface area is 251 Å². The Morgan fingerprint density at radius 3 is 2.53 bits per heavy atom. The predicted molar refractivity (Wildman–Crippen MR) is 169 cm³/mol. The monoisotopic (exact) mass is 575 g/mol. The van der Waals surface area contributed by atoms with Crippen LogP contribution in [0.25, 0.3) is 32.8 Å². The van der Waals surface area contributed by atoms with Gasteiger partial charge in [-0.2, -0.15) is 0 Å². The molecular weight excluding hydrogens is 538 g/mol. The quantitative estimate of drug-likeness (QED) is 0.172. The molecule has 1 N–H and O–H groups in total. The minimum atomic E-state index is -0.253. The van der Waals surface area contributed by atoms with Gasteiger partial charge in [-0.25, -0.2) is 9.97 Å². The highest BCUT2D eigenvalue weighted by Gasteiger charge is 2.47. The minimum Gasteiger partial charge on any atom is -0.497 e. The first-order valence-corrected chi connectivity index (χ1v) is 15.1. The molecule has 1 aliphatic heterocycles. The van der Waals surface area contributed by atoms with E-state index in [9.17, 15) is 4.79 Å². The van der Waals surface area contributed by atoms with Crippen LogP contribution < -0.4 is 19.5 Å². The van der Waals surface area contributed by atoms with Crippen molar-refractivity contribution < 1.29 is 19.0 Å². The molecule has 1 aromatic heterocycles. The predicted octanol–water partition coefficient (Wildman–Crippen LogP) is 7.57. The topological polar surface area (TPSA) is 82.6 Å². The Morgan fingerprint density at radius 2 is 1.74 bits per heavy atom. The van der Waals surface area contributed by atoms with Gasteiger partial charge in [0.25, 0.3) is 5.91 Å². The van der Waals surface area contributed by atoms with Crippen LogP contribution in [0.1, 0.15) is 67.4 Å². The van der Waals surface area contributed by atoms with E-state index in [0.717, 1.165) is 51.5 Å². The lowest BCUT2D eigenvalue weighted by Gasteiger charge is -2.49. The molecule has 2 heterocycles. The third kappa shape index (κ3) is 4.62. The van der Waals surface area contributed by atoms with E-state index in [2.05, 4.69) is 44.3 Å². The van der Waals surface area contributed by atoms with Gasteiger partial charge in [0.05, 0.1) is 36.3 Å². The van der Waals surface area contributed by atoms with Crippen molar-refractivity contribution in [1.82, 2.24) is 15.3 Å². The number of hydrogen-bond donors (Lipinski definition) is 1. The lowest BCUT2D eigenvalue weighted by molar-refractivity contribution is -0.0115. The molecule has 3 atom stereocenters. The van der Waals surface area contributed by atoms with Crippen molar-refractivity contribution in [1.29, 1.82) is 0 Å². The zero-order valence-corrected chi connectivity index (χ0v) is 25.4. The van der Waals surface area contributed by atoms with Gasteiger partial charge in [0, 0.05) is 46.0 Å². The van der Waals surface area contributed by atoms with Gasteiger partial charge in [0.2, 0.25) is 0 Å². The zero-order chi connectivity index (χ0) is 29.9. The third-order valence-electron chi connectivity index (χ3n) is 9.53. The molecule has 1 fully saturated rings. The molecule has 4 aromatic carbocycles. The first-order chi connectivity index (χ1) is 20.8. The Bertz CT molecular complexity index is 1900. The molecule has 0 spiro atoms. The van der Waals surface area contributed by atoms with Crippen molar-refractivity contribution >= 4 is 38.7 Å². The van der Waals surface area contributed by atoms with Crippen LogP contribution in [-0.4, -0.2) is 35.7 Å². The summed E-state index contributed by atoms with van der Waals surface area (Å²) >= 11 is 0. The lowest BCUT2D eigenvalue weighted by Crippen LogP contribution is -2.46. The molecule has 2 aliphatic rings. The van der Waals surface area contributed by atoms with Gasteiger partial charge in [-0.3, -0.25) is 4.79 Å². The molecule has 7 nitrogen and oxygen atoms in total. The number of amides is 1. The molecule has 1 amide bonds. The first-order valence-electron chi connectivity index (χ1n) is 15.1. The average molecular weight is 576 g/mol. The molecule has 0 saturated heterocycles. The highest BCUT2D eigenvalue weighted by atomic mass is 16.5. The van der Waals surface area contributed by atoms with Gasteiger partial charge in [-0.1, -0.05) is 37.6 Å². The van der Waals surface area contributed by atoms with Crippen LogP contribution in [0.3, 0.4) is 0 Å². The van der Waals surface area contributed by atoms with Gasteiger partial charge < -0.3 is 19.5 Å². The van der Waals surface area contributed by atoms with Crippen LogP contribution in [0, 0.1) is 11.8 Å². The van der Waals surface area contributed by atoms with Crippen molar-refractivity contribution in [3.05, 3.63) is 77.4 Å². The molecular formula is C36H37N3O4. The van der Waals surface area contributed by atoms with E-state index < -0.39 is 0 Å². The van der Waals surface area contributed by atoms with Crippen LogP contribution in [0.15, 0.2) is 60.7 Å². The Kier molecular flexibility index (Phi) is 6.64. The molecule has 1 saturated carbocycles. The zero-order valence-electron chi connectivity index (χ0n) is 25.4. The van der Waals surface area contributed by atoms with Gasteiger partial charge in [-0.15, -0.1) is 0 Å². The normalized spacial score (nSPS) is 20.7. The van der Waals surface area contributed by atoms with E-state index in [4.69, 9.17) is 24.2 Å². The minimum absolute atomic E-state index is 0.188. The summed E-state index contributed by atoms with van der Waals surface area (Å²) in [4.78, 5) is 23.7. The SMILES string of the molecule is COc1ccc(CNC(=O)c2ccc3nc4c5c(c6ccccc6c4nc3c2)OC(C)(C)C2CCC(C)CC52)c(OC)c1. The Hall–Kier alpha value is -4.39. The van der Waals surface area contributed by atoms with Crippen LogP contribution in [0.4, 0.5) is 0 Å². The molecule has 7 heteroatoms. The van der Waals surface area contributed by atoms with Crippen LogP contribution in [0.5, 0.6) is 17.2 Å². The van der Waals surface area contributed by atoms with Gasteiger partial charge in [-0.05, 0) is 68.9 Å². The molecule has 0 bridgehead atoms. The molecule has 1 aliphatic carbocycles. The summed E-state index contributed by atoms with van der Waals surface area (Å²) in [6.07, 6.45) is 3.49. The fourth-order valence-corrected chi connectivity index (χ4v) is 7.31. The van der Waals surface area contributed by atoms with E-state index in [1.807, 2.05) is 42.5 Å². The van der Waals surface area contributed by atoms with Crippen LogP contribution in [-0.2, 0) is 6.54 Å². The molecule has 0 radical (unpaired) electrons. The summed E-state index contributed by atoms with van der Waals surface area (Å²) < 4.78 is 17.6. The summed E-state index contributed by atoms with van der Waals surface area (Å²) in [7, 11) is 3.22. The van der Waals surface area contributed by atoms with Gasteiger partial charge in [0.1, 0.15) is 22.8 Å². The van der Waals surface area contributed by atoms with Crippen LogP contribution >= 0.6 is 0 Å². The van der Waals surface area contributed by atoms with E-state index >= 15 is 0 Å². The highest BCUT2D eigenvalue weighted by molar-refractivity contribution is 6.11. The highest BCUT2D eigenvalue weighted by Crippen LogP contribution is 2.56. The Morgan fingerprint density at radius 1 is 0.953 bits per heavy atom. The number of fused-ring (bicyclic) bond motifs is 9. The molecule has 3 unspecified atom stereocenters. The fourth-order valence-electron chi connectivity index (χ4n) is 7.31. The van der Waals surface area contributed by atoms with Crippen LogP contribution in [0.2, 0.25) is 0 Å². The number of nitrogens with zero attached hydrogens (tertiary/aromatic N) is 2. The third-order valence-corrected chi connectivity index (χ3v) is 9.53. The second kappa shape index (κ2) is 10.4. The molecule has 7 rings (SSSR count). The number of nitrogens with one attached hydrogen (secondary N) is 1. The molecule has 43 heavy (non-hydrogen) atoms. The standard InChI is InChI=1S/C36H37N3O4/c1-20-10-14-27-26(16-20)31-33-32(24-8-6-7-9-25(24)34(31)43-36(27,2)3)39-29-17-21(12-15-28(29)38-33)35(40)37-19-22-11-13-23(41-4)18-30(22)42-5/h6-9,11-13,15,17-18,20,26-27H,10,14,16,19H2,1-5H3,(H,37,40). The van der Waals surface area contributed by atoms with E-state index in [-0.39, 0.29) is 11.5 Å². The number of carbonyl (C=O) groups is 1. The van der Waals surface area contributed by atoms with Crippen molar-refractivity contribution in [2.24, 2.45) is 11.8 Å². The summed E-state index contributed by atoms with van der Waals surface area (Å²) in [6, 6.07) is 19.5. The first kappa shape index (κ1) is 27.4. The summed E-state index contributed by atoms with van der Waals surface area (Å²) in [5.41, 5.74) is 5.58. The van der Waals surface area contributed by atoms with Crippen molar-refractivity contribution in [3.8, 4) is 17.2 Å². The maximum absolute atomic E-state index is 13.3. The Balaban J connectivity index is 1.31. The van der Waals surface area contributed by atoms with Gasteiger partial charge in [0.15, 0.2) is 0 Å². The smallest absolute Gasteiger partial charge is 0.251 e. The van der Waals surface area contributed by atoms with Crippen molar-refractivity contribution in [2.75, 3.05) is 14.2 Å². The molecule has 220 valence electrons. The van der Waals surface area contributed by atoms with E-state index in [1.54, 1.807) is 14.2 Å². The maximum Gasteiger partial charge on any atom is 0.251 e. The summed E-state index contributed by atoms with van der Waals surface area (Å²) in [5, 5.41) is 5.11. The second-order valence-corrected chi connectivity index (χ2v) is 12.6. The number of benzene rings is 4. The van der Waals surface area contributed by atoms with E-state index in [1.165, 1.54) is 12.0 Å². The number of rotatable bonds is 5.